The Hall–Kier alpha value is -2.69. The normalized spacial score (nSPS) is 9.86. The Morgan fingerprint density at radius 1 is 0.810 bits per heavy atom. The van der Waals surface area contributed by atoms with Crippen LogP contribution in [0.3, 0.4) is 0 Å². The highest BCUT2D eigenvalue weighted by Crippen LogP contribution is 2.40. The van der Waals surface area contributed by atoms with Crippen LogP contribution >= 0.6 is 0 Å². The van der Waals surface area contributed by atoms with Crippen LogP contribution < -0.4 is 18.9 Å². The van der Waals surface area contributed by atoms with Gasteiger partial charge in [0.1, 0.15) is 11.3 Å². The number of carbonyl (C=O) groups excluding carboxylic acids is 1. The lowest BCUT2D eigenvalue weighted by molar-refractivity contribution is 0.0730. The van der Waals surface area contributed by atoms with E-state index in [1.54, 1.807) is 36.4 Å². The summed E-state index contributed by atoms with van der Waals surface area (Å²) in [7, 11) is 4.45. The van der Waals surface area contributed by atoms with Gasteiger partial charge in [0, 0.05) is 0 Å². The number of ether oxygens (including phenoxy) is 4. The second-order valence-electron chi connectivity index (χ2n) is 4.08. The van der Waals surface area contributed by atoms with Crippen LogP contribution in [0.4, 0.5) is 0 Å². The molecule has 2 aromatic carbocycles. The van der Waals surface area contributed by atoms with Crippen molar-refractivity contribution < 1.29 is 23.7 Å². The fourth-order valence-electron chi connectivity index (χ4n) is 1.91. The molecule has 0 saturated heterocycles. The summed E-state index contributed by atoms with van der Waals surface area (Å²) in [5.74, 6) is 1.03. The molecule has 0 atom stereocenters. The molecule has 0 aliphatic carbocycles. The number of rotatable bonds is 5. The van der Waals surface area contributed by atoms with E-state index in [2.05, 4.69) is 0 Å². The highest BCUT2D eigenvalue weighted by Gasteiger charge is 2.22. The van der Waals surface area contributed by atoms with E-state index in [4.69, 9.17) is 18.9 Å². The van der Waals surface area contributed by atoms with Crippen molar-refractivity contribution in [3.63, 3.8) is 0 Å². The van der Waals surface area contributed by atoms with Gasteiger partial charge in [-0.15, -0.1) is 0 Å². The molecule has 2 rings (SSSR count). The second-order valence-corrected chi connectivity index (χ2v) is 4.08. The molecule has 21 heavy (non-hydrogen) atoms. The molecule has 0 aromatic heterocycles. The van der Waals surface area contributed by atoms with Gasteiger partial charge >= 0.3 is 5.97 Å². The molecular weight excluding hydrogens is 272 g/mol. The van der Waals surface area contributed by atoms with Crippen molar-refractivity contribution in [3.05, 3.63) is 48.0 Å². The average Bonchev–Trinajstić information content (AvgIpc) is 2.53. The summed E-state index contributed by atoms with van der Waals surface area (Å²) in [4.78, 5) is 12.3. The number of hydrogen-bond acceptors (Lipinski definition) is 5. The standard InChI is InChI=1S/C16H16O5/c1-18-13-10-9-12(14(19-2)15(13)20-3)16(17)21-11-7-5-4-6-8-11/h4-10H,1-3H3. The second kappa shape index (κ2) is 6.65. The predicted octanol–water partition coefficient (Wildman–Crippen LogP) is 2.93. The molecule has 0 aliphatic rings. The zero-order chi connectivity index (χ0) is 15.2. The molecule has 0 unspecified atom stereocenters. The summed E-state index contributed by atoms with van der Waals surface area (Å²) in [6, 6.07) is 12.0. The Balaban J connectivity index is 2.37. The van der Waals surface area contributed by atoms with Gasteiger partial charge in [-0.25, -0.2) is 4.79 Å². The van der Waals surface area contributed by atoms with Gasteiger partial charge in [0.25, 0.3) is 0 Å². The summed E-state index contributed by atoms with van der Waals surface area (Å²) in [5, 5.41) is 0. The molecule has 0 radical (unpaired) electrons. The van der Waals surface area contributed by atoms with Crippen LogP contribution in [0.15, 0.2) is 42.5 Å². The Bertz CT molecular complexity index is 622. The summed E-state index contributed by atoms with van der Waals surface area (Å²) in [6.07, 6.45) is 0. The molecule has 0 N–H and O–H groups in total. The minimum Gasteiger partial charge on any atom is -0.493 e. The molecule has 0 fully saturated rings. The highest BCUT2D eigenvalue weighted by atomic mass is 16.5. The number of hydrogen-bond donors (Lipinski definition) is 0. The fourth-order valence-corrected chi connectivity index (χ4v) is 1.91. The Labute approximate surface area is 123 Å². The third-order valence-corrected chi connectivity index (χ3v) is 2.88. The third-order valence-electron chi connectivity index (χ3n) is 2.88. The first-order valence-corrected chi connectivity index (χ1v) is 6.27. The van der Waals surface area contributed by atoms with Gasteiger partial charge in [-0.1, -0.05) is 18.2 Å². The number of carbonyl (C=O) groups is 1. The minimum atomic E-state index is -0.529. The van der Waals surface area contributed by atoms with Gasteiger partial charge < -0.3 is 18.9 Å². The molecule has 5 heteroatoms. The Morgan fingerprint density at radius 3 is 2.05 bits per heavy atom. The van der Waals surface area contributed by atoms with Crippen LogP contribution in [-0.2, 0) is 0 Å². The first-order valence-electron chi connectivity index (χ1n) is 6.27. The predicted molar refractivity (Wildman–Crippen MR) is 77.5 cm³/mol. The van der Waals surface area contributed by atoms with E-state index < -0.39 is 5.97 Å². The number of benzene rings is 2. The van der Waals surface area contributed by atoms with Crippen molar-refractivity contribution in [2.24, 2.45) is 0 Å². The fraction of sp³-hybridized carbons (Fsp3) is 0.188. The van der Waals surface area contributed by atoms with E-state index in [9.17, 15) is 4.79 Å². The monoisotopic (exact) mass is 288 g/mol. The van der Waals surface area contributed by atoms with Gasteiger partial charge in [0.2, 0.25) is 5.75 Å². The summed E-state index contributed by atoms with van der Waals surface area (Å²) in [5.41, 5.74) is 0.263. The van der Waals surface area contributed by atoms with Crippen LogP contribution in [0.5, 0.6) is 23.0 Å². The van der Waals surface area contributed by atoms with Crippen molar-refractivity contribution in [2.45, 2.75) is 0 Å². The molecule has 0 spiro atoms. The van der Waals surface area contributed by atoms with Crippen LogP contribution in [-0.4, -0.2) is 27.3 Å². The molecule has 0 aliphatic heterocycles. The van der Waals surface area contributed by atoms with Crippen molar-refractivity contribution >= 4 is 5.97 Å². The molecule has 0 saturated carbocycles. The smallest absolute Gasteiger partial charge is 0.347 e. The number of methoxy groups -OCH3 is 3. The molecule has 0 amide bonds. The van der Waals surface area contributed by atoms with Gasteiger partial charge in [-0.2, -0.15) is 0 Å². The van der Waals surface area contributed by atoms with Crippen LogP contribution in [0, 0.1) is 0 Å². The van der Waals surface area contributed by atoms with Crippen molar-refractivity contribution in [1.29, 1.82) is 0 Å². The van der Waals surface area contributed by atoms with E-state index >= 15 is 0 Å². The maximum Gasteiger partial charge on any atom is 0.347 e. The molecular formula is C16H16O5. The zero-order valence-corrected chi connectivity index (χ0v) is 12.1. The van der Waals surface area contributed by atoms with Gasteiger partial charge in [0.05, 0.1) is 21.3 Å². The topological polar surface area (TPSA) is 54.0 Å². The van der Waals surface area contributed by atoms with E-state index in [0.29, 0.717) is 17.2 Å². The van der Waals surface area contributed by atoms with Crippen molar-refractivity contribution in [1.82, 2.24) is 0 Å². The molecule has 0 bridgehead atoms. The maximum atomic E-state index is 12.3. The molecule has 110 valence electrons. The lowest BCUT2D eigenvalue weighted by atomic mass is 10.1. The minimum absolute atomic E-state index is 0.263. The Kier molecular flexibility index (Phi) is 4.66. The zero-order valence-electron chi connectivity index (χ0n) is 12.1. The van der Waals surface area contributed by atoms with Gasteiger partial charge in [0.15, 0.2) is 11.5 Å². The largest absolute Gasteiger partial charge is 0.493 e. The summed E-state index contributed by atoms with van der Waals surface area (Å²) < 4.78 is 21.0. The molecule has 5 nitrogen and oxygen atoms in total. The van der Waals surface area contributed by atoms with Gasteiger partial charge in [-0.3, -0.25) is 0 Å². The maximum absolute atomic E-state index is 12.3. The number of para-hydroxylation sites is 1. The summed E-state index contributed by atoms with van der Waals surface area (Å²) in [6.45, 7) is 0. The van der Waals surface area contributed by atoms with E-state index in [-0.39, 0.29) is 11.3 Å². The SMILES string of the molecule is COc1ccc(C(=O)Oc2ccccc2)c(OC)c1OC. The van der Waals surface area contributed by atoms with E-state index in [0.717, 1.165) is 0 Å². The van der Waals surface area contributed by atoms with E-state index in [1.807, 2.05) is 6.07 Å². The van der Waals surface area contributed by atoms with Crippen molar-refractivity contribution in [3.8, 4) is 23.0 Å². The molecule has 2 aromatic rings. The Morgan fingerprint density at radius 2 is 1.48 bits per heavy atom. The highest BCUT2D eigenvalue weighted by molar-refractivity contribution is 5.95. The average molecular weight is 288 g/mol. The van der Waals surface area contributed by atoms with Crippen molar-refractivity contribution in [2.75, 3.05) is 21.3 Å². The molecule has 0 heterocycles. The van der Waals surface area contributed by atoms with Gasteiger partial charge in [-0.05, 0) is 24.3 Å². The van der Waals surface area contributed by atoms with Crippen LogP contribution in [0.2, 0.25) is 0 Å². The summed E-state index contributed by atoms with van der Waals surface area (Å²) >= 11 is 0. The van der Waals surface area contributed by atoms with E-state index in [1.165, 1.54) is 21.3 Å². The first kappa shape index (κ1) is 14.7. The lowest BCUT2D eigenvalue weighted by Crippen LogP contribution is -2.11. The van der Waals surface area contributed by atoms with Crippen LogP contribution in [0.1, 0.15) is 10.4 Å². The quantitative estimate of drug-likeness (QED) is 0.625. The number of esters is 1. The third kappa shape index (κ3) is 3.08. The van der Waals surface area contributed by atoms with Crippen LogP contribution in [0.25, 0.3) is 0 Å². The lowest BCUT2D eigenvalue weighted by Gasteiger charge is -2.15. The first-order chi connectivity index (χ1) is 10.2.